The minimum Gasteiger partial charge on any atom is -0.493 e. The maximum absolute atomic E-state index is 12.4. The molecule has 0 aliphatic heterocycles. The summed E-state index contributed by atoms with van der Waals surface area (Å²) in [5, 5.41) is 2.95. The van der Waals surface area contributed by atoms with Crippen LogP contribution in [-0.2, 0) is 11.2 Å². The topological polar surface area (TPSA) is 47.6 Å². The summed E-state index contributed by atoms with van der Waals surface area (Å²) >= 11 is 0. The Hall–Kier alpha value is -3.27. The van der Waals surface area contributed by atoms with E-state index in [9.17, 15) is 4.79 Å². The van der Waals surface area contributed by atoms with Crippen molar-refractivity contribution in [3.05, 3.63) is 89.5 Å². The van der Waals surface area contributed by atoms with Gasteiger partial charge < -0.3 is 14.8 Å². The van der Waals surface area contributed by atoms with Crippen LogP contribution in [0.25, 0.3) is 0 Å². The molecule has 138 valence electrons. The average Bonchev–Trinajstić information content (AvgIpc) is 2.69. The summed E-state index contributed by atoms with van der Waals surface area (Å²) in [6.07, 6.45) is 0.754. The Labute approximate surface area is 159 Å². The zero-order chi connectivity index (χ0) is 19.1. The molecule has 0 atom stereocenters. The van der Waals surface area contributed by atoms with Crippen molar-refractivity contribution < 1.29 is 14.3 Å². The molecule has 0 saturated heterocycles. The number of methoxy groups -OCH3 is 1. The van der Waals surface area contributed by atoms with Crippen molar-refractivity contribution in [1.29, 1.82) is 0 Å². The summed E-state index contributed by atoms with van der Waals surface area (Å²) in [6.45, 7) is 1.89. The lowest BCUT2D eigenvalue weighted by Gasteiger charge is -2.13. The molecule has 0 aliphatic carbocycles. The van der Waals surface area contributed by atoms with Crippen LogP contribution in [0.15, 0.2) is 72.8 Å². The number of nitrogens with one attached hydrogen (secondary N) is 1. The van der Waals surface area contributed by atoms with Gasteiger partial charge in [-0.2, -0.15) is 0 Å². The molecule has 4 heteroatoms. The summed E-state index contributed by atoms with van der Waals surface area (Å²) in [5.41, 5.74) is 4.12. The molecule has 1 amide bonds. The fraction of sp³-hybridized carbons (Fsp3) is 0.174. The summed E-state index contributed by atoms with van der Waals surface area (Å²) in [4.78, 5) is 12.4. The van der Waals surface area contributed by atoms with Gasteiger partial charge in [0.25, 0.3) is 5.91 Å². The highest BCUT2D eigenvalue weighted by Crippen LogP contribution is 2.27. The number of benzene rings is 3. The van der Waals surface area contributed by atoms with E-state index in [1.165, 1.54) is 5.56 Å². The van der Waals surface area contributed by atoms with E-state index >= 15 is 0 Å². The van der Waals surface area contributed by atoms with Gasteiger partial charge in [0.1, 0.15) is 0 Å². The summed E-state index contributed by atoms with van der Waals surface area (Å²) < 4.78 is 10.9. The number of amides is 1. The van der Waals surface area contributed by atoms with E-state index in [-0.39, 0.29) is 12.5 Å². The highest BCUT2D eigenvalue weighted by atomic mass is 16.5. The number of aryl methyl sites for hydroxylation is 1. The molecule has 0 radical (unpaired) electrons. The molecule has 0 aliphatic rings. The molecule has 27 heavy (non-hydrogen) atoms. The SMILES string of the molecule is COc1cc(C)ccc1OCC(=O)Nc1ccccc1Cc1ccccc1. The molecule has 3 aromatic rings. The third-order valence-electron chi connectivity index (χ3n) is 4.21. The maximum atomic E-state index is 12.4. The first kappa shape index (κ1) is 18.5. The molecular weight excluding hydrogens is 338 g/mol. The second kappa shape index (κ2) is 8.90. The van der Waals surface area contributed by atoms with Crippen molar-refractivity contribution >= 4 is 11.6 Å². The van der Waals surface area contributed by atoms with Gasteiger partial charge in [0.05, 0.1) is 7.11 Å². The molecule has 0 aromatic heterocycles. The Bertz CT molecular complexity index is 907. The van der Waals surface area contributed by atoms with Crippen LogP contribution in [0.1, 0.15) is 16.7 Å². The zero-order valence-electron chi connectivity index (χ0n) is 15.6. The van der Waals surface area contributed by atoms with Crippen LogP contribution >= 0.6 is 0 Å². The van der Waals surface area contributed by atoms with E-state index < -0.39 is 0 Å². The Balaban J connectivity index is 1.65. The van der Waals surface area contributed by atoms with E-state index in [4.69, 9.17) is 9.47 Å². The number of para-hydroxylation sites is 1. The minimum atomic E-state index is -0.210. The number of anilines is 1. The van der Waals surface area contributed by atoms with Gasteiger partial charge in [-0.15, -0.1) is 0 Å². The molecule has 3 aromatic carbocycles. The third-order valence-corrected chi connectivity index (χ3v) is 4.21. The van der Waals surface area contributed by atoms with Crippen molar-refractivity contribution in [2.45, 2.75) is 13.3 Å². The number of hydrogen-bond acceptors (Lipinski definition) is 3. The highest BCUT2D eigenvalue weighted by Gasteiger charge is 2.10. The van der Waals surface area contributed by atoms with Crippen molar-refractivity contribution in [3.8, 4) is 11.5 Å². The average molecular weight is 361 g/mol. The summed E-state index contributed by atoms with van der Waals surface area (Å²) in [7, 11) is 1.58. The number of hydrogen-bond donors (Lipinski definition) is 1. The fourth-order valence-corrected chi connectivity index (χ4v) is 2.84. The largest absolute Gasteiger partial charge is 0.493 e. The smallest absolute Gasteiger partial charge is 0.262 e. The van der Waals surface area contributed by atoms with Crippen LogP contribution in [-0.4, -0.2) is 19.6 Å². The quantitative estimate of drug-likeness (QED) is 0.668. The molecule has 4 nitrogen and oxygen atoms in total. The molecular formula is C23H23NO3. The Kier molecular flexibility index (Phi) is 6.10. The lowest BCUT2D eigenvalue weighted by Crippen LogP contribution is -2.21. The van der Waals surface area contributed by atoms with Crippen LogP contribution in [0.4, 0.5) is 5.69 Å². The van der Waals surface area contributed by atoms with Crippen molar-refractivity contribution in [2.75, 3.05) is 19.0 Å². The third kappa shape index (κ3) is 5.11. The van der Waals surface area contributed by atoms with Gasteiger partial charge in [-0.05, 0) is 48.2 Å². The molecule has 0 saturated carbocycles. The maximum Gasteiger partial charge on any atom is 0.262 e. The van der Waals surface area contributed by atoms with Crippen LogP contribution in [0.3, 0.4) is 0 Å². The van der Waals surface area contributed by atoms with Gasteiger partial charge in [0.2, 0.25) is 0 Å². The number of ether oxygens (including phenoxy) is 2. The Morgan fingerprint density at radius 1 is 0.926 bits per heavy atom. The van der Waals surface area contributed by atoms with Crippen molar-refractivity contribution in [2.24, 2.45) is 0 Å². The lowest BCUT2D eigenvalue weighted by atomic mass is 10.0. The van der Waals surface area contributed by atoms with Crippen LogP contribution < -0.4 is 14.8 Å². The van der Waals surface area contributed by atoms with E-state index in [2.05, 4.69) is 17.4 Å². The van der Waals surface area contributed by atoms with Crippen LogP contribution in [0.5, 0.6) is 11.5 Å². The second-order valence-electron chi connectivity index (χ2n) is 6.31. The normalized spacial score (nSPS) is 10.3. The van der Waals surface area contributed by atoms with Gasteiger partial charge in [-0.25, -0.2) is 0 Å². The van der Waals surface area contributed by atoms with Crippen LogP contribution in [0, 0.1) is 6.92 Å². The van der Waals surface area contributed by atoms with Gasteiger partial charge in [0, 0.05) is 5.69 Å². The minimum absolute atomic E-state index is 0.0842. The molecule has 0 bridgehead atoms. The monoisotopic (exact) mass is 361 g/mol. The molecule has 3 rings (SSSR count). The number of carbonyl (C=O) groups is 1. The first-order chi connectivity index (χ1) is 13.2. The fourth-order valence-electron chi connectivity index (χ4n) is 2.84. The molecule has 0 unspecified atom stereocenters. The predicted molar refractivity (Wildman–Crippen MR) is 108 cm³/mol. The standard InChI is InChI=1S/C23H23NO3/c1-17-12-13-21(22(14-17)26-2)27-16-23(25)24-20-11-7-6-10-19(20)15-18-8-4-3-5-9-18/h3-14H,15-16H2,1-2H3,(H,24,25). The number of rotatable bonds is 7. The van der Waals surface area contributed by atoms with Crippen LogP contribution in [0.2, 0.25) is 0 Å². The number of carbonyl (C=O) groups excluding carboxylic acids is 1. The van der Waals surface area contributed by atoms with E-state index in [0.29, 0.717) is 11.5 Å². The highest BCUT2D eigenvalue weighted by molar-refractivity contribution is 5.92. The Morgan fingerprint density at radius 3 is 2.44 bits per heavy atom. The van der Waals surface area contributed by atoms with Gasteiger partial charge in [-0.1, -0.05) is 54.6 Å². The zero-order valence-corrected chi connectivity index (χ0v) is 15.6. The van der Waals surface area contributed by atoms with Crippen molar-refractivity contribution in [1.82, 2.24) is 0 Å². The van der Waals surface area contributed by atoms with Gasteiger partial charge in [-0.3, -0.25) is 4.79 Å². The summed E-state index contributed by atoms with van der Waals surface area (Å²) in [5.74, 6) is 0.959. The molecule has 0 spiro atoms. The van der Waals surface area contributed by atoms with Gasteiger partial charge in [0.15, 0.2) is 18.1 Å². The second-order valence-corrected chi connectivity index (χ2v) is 6.31. The Morgan fingerprint density at radius 2 is 1.67 bits per heavy atom. The van der Waals surface area contributed by atoms with E-state index in [1.54, 1.807) is 7.11 Å². The van der Waals surface area contributed by atoms with Gasteiger partial charge >= 0.3 is 0 Å². The first-order valence-corrected chi connectivity index (χ1v) is 8.85. The molecule has 0 heterocycles. The molecule has 1 N–H and O–H groups in total. The van der Waals surface area contributed by atoms with E-state index in [0.717, 1.165) is 23.2 Å². The van der Waals surface area contributed by atoms with Crippen molar-refractivity contribution in [3.63, 3.8) is 0 Å². The lowest BCUT2D eigenvalue weighted by molar-refractivity contribution is -0.118. The van der Waals surface area contributed by atoms with E-state index in [1.807, 2.05) is 67.6 Å². The predicted octanol–water partition coefficient (Wildman–Crippen LogP) is 4.61. The summed E-state index contributed by atoms with van der Waals surface area (Å²) in [6, 6.07) is 23.6. The first-order valence-electron chi connectivity index (χ1n) is 8.85. The molecule has 0 fully saturated rings.